The van der Waals surface area contributed by atoms with E-state index in [9.17, 15) is 15.2 Å². The number of non-ortho nitro benzene ring substituents is 1. The second-order valence-corrected chi connectivity index (χ2v) is 8.09. The van der Waals surface area contributed by atoms with Gasteiger partial charge in [-0.2, -0.15) is 4.57 Å². The summed E-state index contributed by atoms with van der Waals surface area (Å²) in [7, 11) is 0. The largest absolute Gasteiger partial charge is 0.502 e. The Morgan fingerprint density at radius 2 is 1.67 bits per heavy atom. The fraction of sp³-hybridized carbons (Fsp3) is 0.0769. The van der Waals surface area contributed by atoms with Crippen molar-refractivity contribution in [1.82, 2.24) is 0 Å². The summed E-state index contributed by atoms with van der Waals surface area (Å²) >= 11 is 5.75. The van der Waals surface area contributed by atoms with Crippen LogP contribution in [0.5, 0.6) is 0 Å². The van der Waals surface area contributed by atoms with Crippen molar-refractivity contribution in [3.05, 3.63) is 112 Å². The Balaban J connectivity index is 1.85. The number of nitro benzene ring substituents is 1. The van der Waals surface area contributed by atoms with Gasteiger partial charge in [0.05, 0.1) is 4.92 Å². The summed E-state index contributed by atoms with van der Waals surface area (Å²) in [6.07, 6.45) is 3.72. The molecule has 1 aromatic heterocycles. The molecule has 0 unspecified atom stereocenters. The number of fused-ring (bicyclic) bond motifs is 1. The number of nitro groups is 1. The third kappa shape index (κ3) is 4.58. The van der Waals surface area contributed by atoms with Crippen LogP contribution in [-0.4, -0.2) is 15.0 Å². The zero-order valence-corrected chi connectivity index (χ0v) is 19.0. The summed E-state index contributed by atoms with van der Waals surface area (Å²) in [5, 5.41) is 27.6. The fourth-order valence-corrected chi connectivity index (χ4v) is 3.88. The van der Waals surface area contributed by atoms with Crippen molar-refractivity contribution in [2.45, 2.75) is 13.8 Å². The molecule has 0 atom stereocenters. The lowest BCUT2D eigenvalue weighted by Gasteiger charge is -2.13. The van der Waals surface area contributed by atoms with Crippen LogP contribution in [0, 0.1) is 24.0 Å². The van der Waals surface area contributed by atoms with E-state index in [1.165, 1.54) is 24.3 Å². The molecule has 164 valence electrons. The molecule has 0 aliphatic carbocycles. The second kappa shape index (κ2) is 9.18. The average molecular weight is 457 g/mol. The van der Waals surface area contributed by atoms with E-state index in [1.807, 2.05) is 74.8 Å². The lowest BCUT2D eigenvalue weighted by molar-refractivity contribution is -0.574. The highest BCUT2D eigenvalue weighted by Crippen LogP contribution is 2.24. The molecule has 0 saturated heterocycles. The Morgan fingerprint density at radius 3 is 2.36 bits per heavy atom. The minimum atomic E-state index is -0.476. The van der Waals surface area contributed by atoms with E-state index >= 15 is 0 Å². The number of pyridine rings is 1. The van der Waals surface area contributed by atoms with Gasteiger partial charge in [-0.15, -0.1) is 0 Å². The normalized spacial score (nSPS) is 11.7. The molecule has 0 spiro atoms. The van der Waals surface area contributed by atoms with E-state index in [0.29, 0.717) is 16.2 Å². The van der Waals surface area contributed by atoms with Gasteiger partial charge in [-0.25, -0.2) is 0 Å². The third-order valence-electron chi connectivity index (χ3n) is 5.59. The molecule has 7 heteroatoms. The van der Waals surface area contributed by atoms with Crippen molar-refractivity contribution in [2.75, 3.05) is 5.32 Å². The van der Waals surface area contributed by atoms with Gasteiger partial charge in [-0.05, 0) is 54.6 Å². The summed E-state index contributed by atoms with van der Waals surface area (Å²) in [5.74, 6) is -0.0898. The molecule has 3 aromatic carbocycles. The lowest BCUT2D eigenvalue weighted by Crippen LogP contribution is -2.38. The molecule has 2 N–H and O–H groups in total. The van der Waals surface area contributed by atoms with Crippen LogP contribution in [0.3, 0.4) is 0 Å². The first-order valence-electron chi connectivity index (χ1n) is 10.3. The van der Waals surface area contributed by atoms with Crippen LogP contribution in [-0.2, 0) is 0 Å². The number of aromatic nitrogens is 1. The van der Waals surface area contributed by atoms with Gasteiger partial charge in [-0.1, -0.05) is 42.5 Å². The molecule has 0 aliphatic heterocycles. The molecule has 0 bridgehead atoms. The van der Waals surface area contributed by atoms with Crippen LogP contribution in [0.1, 0.15) is 16.7 Å². The van der Waals surface area contributed by atoms with E-state index in [4.69, 9.17) is 12.2 Å². The van der Waals surface area contributed by atoms with Crippen LogP contribution >= 0.6 is 12.2 Å². The lowest BCUT2D eigenvalue weighted by atomic mass is 10.1. The third-order valence-corrected chi connectivity index (χ3v) is 5.89. The van der Waals surface area contributed by atoms with Gasteiger partial charge >= 0.3 is 0 Å². The topological polar surface area (TPSA) is 79.3 Å². The first-order valence-corrected chi connectivity index (χ1v) is 10.7. The predicted molar refractivity (Wildman–Crippen MR) is 135 cm³/mol. The molecule has 0 radical (unpaired) electrons. The molecule has 4 aromatic rings. The van der Waals surface area contributed by atoms with Crippen LogP contribution in [0.4, 0.5) is 11.4 Å². The van der Waals surface area contributed by atoms with Gasteiger partial charge in [0.25, 0.3) is 11.4 Å². The maximum Gasteiger partial charge on any atom is 0.288 e. The second-order valence-electron chi connectivity index (χ2n) is 7.68. The molecule has 33 heavy (non-hydrogen) atoms. The quantitative estimate of drug-likeness (QED) is 0.0965. The van der Waals surface area contributed by atoms with Gasteiger partial charge in [0.1, 0.15) is 0 Å². The first-order chi connectivity index (χ1) is 15.8. The summed E-state index contributed by atoms with van der Waals surface area (Å²) in [6.45, 7) is 4.02. The maximum atomic E-state index is 11.3. The average Bonchev–Trinajstić information content (AvgIpc) is 2.82. The van der Waals surface area contributed by atoms with Gasteiger partial charge in [-0.3, -0.25) is 10.1 Å². The highest BCUT2D eigenvalue weighted by Gasteiger charge is 2.25. The number of rotatable bonds is 5. The fourth-order valence-electron chi connectivity index (χ4n) is 3.57. The Morgan fingerprint density at radius 1 is 0.970 bits per heavy atom. The molecule has 0 fully saturated rings. The SMILES string of the molecule is Cc1cccc(NC(=S)/C(=C(\O)c2ccc([N+](=O)[O-])cc2)[n+]2ccc3ccccc3c2)c1C. The van der Waals surface area contributed by atoms with E-state index in [0.717, 1.165) is 27.6 Å². The molecule has 6 nitrogen and oxygen atoms in total. The van der Waals surface area contributed by atoms with Gasteiger partial charge in [0.15, 0.2) is 23.1 Å². The summed E-state index contributed by atoms with van der Waals surface area (Å²) < 4.78 is 1.76. The van der Waals surface area contributed by atoms with Gasteiger partial charge in [0.2, 0.25) is 0 Å². The number of aliphatic hydroxyl groups is 1. The number of benzene rings is 3. The van der Waals surface area contributed by atoms with E-state index in [2.05, 4.69) is 5.32 Å². The smallest absolute Gasteiger partial charge is 0.288 e. The van der Waals surface area contributed by atoms with Gasteiger partial charge in [0, 0.05) is 34.8 Å². The van der Waals surface area contributed by atoms with Crippen molar-refractivity contribution in [3.8, 4) is 0 Å². The van der Waals surface area contributed by atoms with E-state index in [-0.39, 0.29) is 11.4 Å². The summed E-state index contributed by atoms with van der Waals surface area (Å²) in [6, 6.07) is 21.5. The first kappa shape index (κ1) is 22.1. The van der Waals surface area contributed by atoms with Crippen LogP contribution in [0.15, 0.2) is 85.2 Å². The summed E-state index contributed by atoms with van der Waals surface area (Å²) in [5.41, 5.74) is 3.74. The number of nitrogens with one attached hydrogen (secondary N) is 1. The van der Waals surface area contributed by atoms with E-state index < -0.39 is 4.92 Å². The van der Waals surface area contributed by atoms with Crippen LogP contribution in [0.25, 0.3) is 22.2 Å². The molecule has 0 amide bonds. The number of aliphatic hydroxyl groups excluding tert-OH is 1. The van der Waals surface area contributed by atoms with Crippen LogP contribution in [0.2, 0.25) is 0 Å². The zero-order valence-electron chi connectivity index (χ0n) is 18.1. The number of hydrogen-bond donors (Lipinski definition) is 2. The highest BCUT2D eigenvalue weighted by molar-refractivity contribution is 7.81. The van der Waals surface area contributed by atoms with Crippen molar-refractivity contribution in [1.29, 1.82) is 0 Å². The minimum absolute atomic E-state index is 0.0532. The molecular formula is C26H22N3O3S+. The molecule has 4 rings (SSSR count). The number of nitrogens with zero attached hydrogens (tertiary/aromatic N) is 2. The number of aryl methyl sites for hydroxylation is 1. The Bertz CT molecular complexity index is 1410. The maximum absolute atomic E-state index is 11.3. The molecule has 0 aliphatic rings. The minimum Gasteiger partial charge on any atom is -0.502 e. The molecule has 1 heterocycles. The monoisotopic (exact) mass is 456 g/mol. The number of anilines is 1. The highest BCUT2D eigenvalue weighted by atomic mass is 32.1. The summed E-state index contributed by atoms with van der Waals surface area (Å²) in [4.78, 5) is 10.9. The Kier molecular flexibility index (Phi) is 6.15. The number of thiocarbonyl (C=S) groups is 1. The van der Waals surface area contributed by atoms with Gasteiger partial charge < -0.3 is 10.4 Å². The van der Waals surface area contributed by atoms with Crippen molar-refractivity contribution in [2.24, 2.45) is 0 Å². The Hall–Kier alpha value is -4.10. The predicted octanol–water partition coefficient (Wildman–Crippen LogP) is 5.98. The van der Waals surface area contributed by atoms with Crippen molar-refractivity contribution >= 4 is 50.8 Å². The molecule has 0 saturated carbocycles. The Labute approximate surface area is 196 Å². The van der Waals surface area contributed by atoms with Crippen molar-refractivity contribution in [3.63, 3.8) is 0 Å². The van der Waals surface area contributed by atoms with Crippen molar-refractivity contribution < 1.29 is 14.6 Å². The van der Waals surface area contributed by atoms with Crippen LogP contribution < -0.4 is 9.88 Å². The number of hydrogen-bond acceptors (Lipinski definition) is 4. The van der Waals surface area contributed by atoms with E-state index in [1.54, 1.807) is 4.57 Å². The zero-order chi connectivity index (χ0) is 23.5. The standard InChI is InChI=1S/C26H21N3O3S/c1-17-6-5-9-23(18(17)2)27-26(33)24(25(30)20-10-12-22(13-11-20)29(31)32)28-15-14-19-7-3-4-8-21(19)16-28/h3-16H,1-2H3,(H-,27,30,33)/p+1. The molecular weight excluding hydrogens is 434 g/mol.